The van der Waals surface area contributed by atoms with Crippen molar-refractivity contribution in [2.75, 3.05) is 0 Å². The van der Waals surface area contributed by atoms with Crippen LogP contribution in [0, 0.1) is 6.92 Å². The van der Waals surface area contributed by atoms with E-state index in [2.05, 4.69) is 11.6 Å². The summed E-state index contributed by atoms with van der Waals surface area (Å²) in [5.41, 5.74) is 0.966. The molecule has 0 radical (unpaired) electrons. The third-order valence-electron chi connectivity index (χ3n) is 1.31. The van der Waals surface area contributed by atoms with Crippen molar-refractivity contribution in [1.82, 2.24) is 4.98 Å². The van der Waals surface area contributed by atoms with Gasteiger partial charge in [0, 0.05) is 11.1 Å². The first-order chi connectivity index (χ1) is 5.24. The first kappa shape index (κ1) is 8.43. The molecule has 0 amide bonds. The van der Waals surface area contributed by atoms with Gasteiger partial charge in [0.05, 0.1) is 0 Å². The van der Waals surface area contributed by atoms with E-state index >= 15 is 0 Å². The van der Waals surface area contributed by atoms with Gasteiger partial charge >= 0.3 is 0 Å². The van der Waals surface area contributed by atoms with Crippen LogP contribution in [-0.2, 0) is 0 Å². The van der Waals surface area contributed by atoms with Gasteiger partial charge in [0.25, 0.3) is 0 Å². The van der Waals surface area contributed by atoms with Crippen LogP contribution in [0.3, 0.4) is 0 Å². The molecule has 0 aliphatic rings. The Bertz CT molecular complexity index is 244. The summed E-state index contributed by atoms with van der Waals surface area (Å²) in [6, 6.07) is 0. The van der Waals surface area contributed by atoms with Crippen LogP contribution in [0.5, 0.6) is 0 Å². The highest BCUT2D eigenvalue weighted by Gasteiger charge is 2.08. The molecule has 1 aromatic rings. The minimum atomic E-state index is -0.466. The van der Waals surface area contributed by atoms with E-state index in [0.717, 1.165) is 10.7 Å². The lowest BCUT2D eigenvalue weighted by atomic mass is 10.3. The standard InChI is InChI=1S/C8H11NOS/c1-3-4-7(10)8-9-6(2)5-11-8/h3,5,7,10H,1,4H2,2H3. The molecule has 0 aliphatic carbocycles. The van der Waals surface area contributed by atoms with Crippen LogP contribution < -0.4 is 0 Å². The van der Waals surface area contributed by atoms with E-state index < -0.39 is 6.10 Å². The summed E-state index contributed by atoms with van der Waals surface area (Å²) in [4.78, 5) is 4.15. The van der Waals surface area contributed by atoms with Crippen LogP contribution in [0.4, 0.5) is 0 Å². The van der Waals surface area contributed by atoms with Crippen LogP contribution in [0.25, 0.3) is 0 Å². The number of aromatic nitrogens is 1. The number of nitrogens with zero attached hydrogens (tertiary/aromatic N) is 1. The van der Waals surface area contributed by atoms with Gasteiger partial charge in [-0.3, -0.25) is 0 Å². The summed E-state index contributed by atoms with van der Waals surface area (Å²) in [5.74, 6) is 0. The average molecular weight is 169 g/mol. The Balaban J connectivity index is 2.67. The lowest BCUT2D eigenvalue weighted by Crippen LogP contribution is -1.94. The minimum absolute atomic E-state index is 0.466. The van der Waals surface area contributed by atoms with Gasteiger partial charge in [0.15, 0.2) is 0 Å². The Hall–Kier alpha value is -0.670. The van der Waals surface area contributed by atoms with E-state index in [1.54, 1.807) is 6.08 Å². The summed E-state index contributed by atoms with van der Waals surface area (Å²) in [5, 5.41) is 12.1. The van der Waals surface area contributed by atoms with Gasteiger partial charge in [-0.25, -0.2) is 4.98 Å². The first-order valence-corrected chi connectivity index (χ1v) is 4.33. The van der Waals surface area contributed by atoms with E-state index in [9.17, 15) is 5.11 Å². The summed E-state index contributed by atoms with van der Waals surface area (Å²) in [6.45, 7) is 5.47. The highest BCUT2D eigenvalue weighted by Crippen LogP contribution is 2.20. The maximum Gasteiger partial charge on any atom is 0.122 e. The van der Waals surface area contributed by atoms with E-state index in [4.69, 9.17) is 0 Å². The predicted octanol–water partition coefficient (Wildman–Crippen LogP) is 2.06. The summed E-state index contributed by atoms with van der Waals surface area (Å²) in [7, 11) is 0. The summed E-state index contributed by atoms with van der Waals surface area (Å²) in [6.07, 6.45) is 1.81. The molecule has 60 valence electrons. The molecule has 1 aromatic heterocycles. The number of aliphatic hydroxyl groups is 1. The number of hydrogen-bond donors (Lipinski definition) is 1. The maximum atomic E-state index is 9.41. The molecule has 0 aromatic carbocycles. The van der Waals surface area contributed by atoms with Crippen molar-refractivity contribution >= 4 is 11.3 Å². The minimum Gasteiger partial charge on any atom is -0.386 e. The molecule has 0 fully saturated rings. The number of aryl methyl sites for hydroxylation is 1. The molecule has 1 heterocycles. The number of rotatable bonds is 3. The van der Waals surface area contributed by atoms with E-state index in [-0.39, 0.29) is 0 Å². The fourth-order valence-electron chi connectivity index (χ4n) is 0.784. The van der Waals surface area contributed by atoms with Gasteiger partial charge in [-0.2, -0.15) is 0 Å². The quantitative estimate of drug-likeness (QED) is 0.702. The number of hydrogen-bond acceptors (Lipinski definition) is 3. The van der Waals surface area contributed by atoms with Crippen molar-refractivity contribution in [2.45, 2.75) is 19.4 Å². The Morgan fingerprint density at radius 3 is 3.09 bits per heavy atom. The fraction of sp³-hybridized carbons (Fsp3) is 0.375. The largest absolute Gasteiger partial charge is 0.386 e. The second kappa shape index (κ2) is 3.64. The molecular formula is C8H11NOS. The van der Waals surface area contributed by atoms with Crippen LogP contribution in [-0.4, -0.2) is 10.1 Å². The maximum absolute atomic E-state index is 9.41. The van der Waals surface area contributed by atoms with Gasteiger partial charge in [0.2, 0.25) is 0 Å². The van der Waals surface area contributed by atoms with E-state index in [0.29, 0.717) is 6.42 Å². The van der Waals surface area contributed by atoms with Crippen LogP contribution in [0.1, 0.15) is 23.2 Å². The van der Waals surface area contributed by atoms with Crippen molar-refractivity contribution in [3.63, 3.8) is 0 Å². The highest BCUT2D eigenvalue weighted by molar-refractivity contribution is 7.09. The SMILES string of the molecule is C=CCC(O)c1nc(C)cs1. The van der Waals surface area contributed by atoms with Crippen molar-refractivity contribution in [3.8, 4) is 0 Å². The van der Waals surface area contributed by atoms with Crippen LogP contribution >= 0.6 is 11.3 Å². The Morgan fingerprint density at radius 2 is 2.64 bits per heavy atom. The van der Waals surface area contributed by atoms with Crippen molar-refractivity contribution < 1.29 is 5.11 Å². The number of thiazole rings is 1. The molecule has 1 rings (SSSR count). The molecule has 11 heavy (non-hydrogen) atoms. The topological polar surface area (TPSA) is 33.1 Å². The highest BCUT2D eigenvalue weighted by atomic mass is 32.1. The van der Waals surface area contributed by atoms with Crippen LogP contribution in [0.15, 0.2) is 18.0 Å². The Morgan fingerprint density at radius 1 is 1.91 bits per heavy atom. The third-order valence-corrected chi connectivity index (χ3v) is 2.38. The van der Waals surface area contributed by atoms with Gasteiger partial charge < -0.3 is 5.11 Å². The second-order valence-electron chi connectivity index (χ2n) is 2.37. The molecule has 1 N–H and O–H groups in total. The molecule has 2 nitrogen and oxygen atoms in total. The van der Waals surface area contributed by atoms with Crippen molar-refractivity contribution in [2.24, 2.45) is 0 Å². The molecule has 1 atom stereocenters. The normalized spacial score (nSPS) is 12.9. The van der Waals surface area contributed by atoms with E-state index in [1.165, 1.54) is 11.3 Å². The zero-order chi connectivity index (χ0) is 8.27. The number of aliphatic hydroxyl groups excluding tert-OH is 1. The second-order valence-corrected chi connectivity index (χ2v) is 3.26. The van der Waals surface area contributed by atoms with Gasteiger partial charge in [-0.1, -0.05) is 6.08 Å². The monoisotopic (exact) mass is 169 g/mol. The lowest BCUT2D eigenvalue weighted by Gasteiger charge is -2.01. The van der Waals surface area contributed by atoms with Gasteiger partial charge in [-0.05, 0) is 13.3 Å². The third kappa shape index (κ3) is 2.13. The Kier molecular flexibility index (Phi) is 2.79. The smallest absolute Gasteiger partial charge is 0.122 e. The summed E-state index contributed by atoms with van der Waals surface area (Å²) >= 11 is 1.49. The summed E-state index contributed by atoms with van der Waals surface area (Å²) < 4.78 is 0. The molecule has 0 aliphatic heterocycles. The molecule has 0 spiro atoms. The molecule has 0 saturated carbocycles. The predicted molar refractivity (Wildman–Crippen MR) is 46.6 cm³/mol. The molecule has 3 heteroatoms. The van der Waals surface area contributed by atoms with Crippen LogP contribution in [0.2, 0.25) is 0 Å². The Labute approximate surface area is 70.2 Å². The molecule has 0 saturated heterocycles. The molecule has 1 unspecified atom stereocenters. The zero-order valence-electron chi connectivity index (χ0n) is 6.45. The van der Waals surface area contributed by atoms with Crippen molar-refractivity contribution in [3.05, 3.63) is 28.7 Å². The first-order valence-electron chi connectivity index (χ1n) is 3.45. The van der Waals surface area contributed by atoms with E-state index in [1.807, 2.05) is 12.3 Å². The average Bonchev–Trinajstić information content (AvgIpc) is 2.36. The molecule has 0 bridgehead atoms. The van der Waals surface area contributed by atoms with Crippen molar-refractivity contribution in [1.29, 1.82) is 0 Å². The lowest BCUT2D eigenvalue weighted by molar-refractivity contribution is 0.181. The molecular weight excluding hydrogens is 158 g/mol. The zero-order valence-corrected chi connectivity index (χ0v) is 7.27. The fourth-order valence-corrected chi connectivity index (χ4v) is 1.58. The van der Waals surface area contributed by atoms with Gasteiger partial charge in [-0.15, -0.1) is 17.9 Å². The van der Waals surface area contributed by atoms with Gasteiger partial charge in [0.1, 0.15) is 11.1 Å².